The van der Waals surface area contributed by atoms with Crippen molar-refractivity contribution in [3.05, 3.63) is 217 Å². The number of benzene rings is 12. The molecule has 0 aromatic heterocycles. The fourth-order valence-electron chi connectivity index (χ4n) is 10.3. The summed E-state index contributed by atoms with van der Waals surface area (Å²) in [5.74, 6) is 0. The summed E-state index contributed by atoms with van der Waals surface area (Å²) in [7, 11) is 0. The second-order valence-corrected chi connectivity index (χ2v) is 16.5. The van der Waals surface area contributed by atoms with Crippen LogP contribution in [0, 0.1) is 13.8 Å². The molecule has 0 unspecified atom stereocenters. The van der Waals surface area contributed by atoms with Gasteiger partial charge in [-0.2, -0.15) is 0 Å². The van der Waals surface area contributed by atoms with Gasteiger partial charge < -0.3 is 0 Å². The molecule has 0 heterocycles. The van der Waals surface area contributed by atoms with Gasteiger partial charge in [0.2, 0.25) is 0 Å². The maximum Gasteiger partial charge on any atom is -0.0000933 e. The number of rotatable bonds is 4. The van der Waals surface area contributed by atoms with Crippen LogP contribution in [0.5, 0.6) is 0 Å². The molecule has 12 aromatic carbocycles. The summed E-state index contributed by atoms with van der Waals surface area (Å²) in [4.78, 5) is 0. The first kappa shape index (κ1) is 34.5. The van der Waals surface area contributed by atoms with Crippen molar-refractivity contribution in [3.63, 3.8) is 0 Å². The largest absolute Gasteiger partial charge is 0.0616 e. The lowest BCUT2D eigenvalue weighted by Gasteiger charge is -2.27. The van der Waals surface area contributed by atoms with E-state index in [4.69, 9.17) is 0 Å². The number of fused-ring (bicyclic) bond motifs is 7. The van der Waals surface area contributed by atoms with E-state index in [-0.39, 0.29) is 0 Å². The third kappa shape index (κ3) is 5.17. The van der Waals surface area contributed by atoms with E-state index < -0.39 is 0 Å². The SMILES string of the molecule is Cc1ccc2c(-c3cccc4ccccc34)c3c(-c4cccc5ccccc45)c4ccc(C)cc4c(-c4cccc5ccccc45)c3c(-c3cccc4ccccc34)c2c1. The molecule has 0 spiro atoms. The zero-order valence-electron chi connectivity index (χ0n) is 33.6. The Labute approximate surface area is 349 Å². The average molecular weight is 761 g/mol. The normalized spacial score (nSPS) is 11.8. The van der Waals surface area contributed by atoms with Crippen molar-refractivity contribution in [2.75, 3.05) is 0 Å². The Morgan fingerprint density at radius 1 is 0.217 bits per heavy atom. The molecule has 0 bridgehead atoms. The molecular formula is C60H40. The Bertz CT molecular complexity index is 3470. The van der Waals surface area contributed by atoms with E-state index in [9.17, 15) is 0 Å². The van der Waals surface area contributed by atoms with E-state index in [2.05, 4.69) is 220 Å². The molecule has 0 amide bonds. The minimum atomic E-state index is 1.24. The molecule has 0 saturated heterocycles. The van der Waals surface area contributed by atoms with Crippen LogP contribution in [-0.4, -0.2) is 0 Å². The molecule has 12 rings (SSSR count). The smallest absolute Gasteiger partial charge is 0.0000933 e. The summed E-state index contributed by atoms with van der Waals surface area (Å²) in [5.41, 5.74) is 12.6. The first-order valence-electron chi connectivity index (χ1n) is 21.0. The third-order valence-electron chi connectivity index (χ3n) is 12.9. The van der Waals surface area contributed by atoms with E-state index in [1.807, 2.05) is 0 Å². The maximum atomic E-state index is 2.45. The monoisotopic (exact) mass is 760 g/mol. The molecule has 0 N–H and O–H groups in total. The Morgan fingerprint density at radius 3 is 0.800 bits per heavy atom. The number of hydrogen-bond donors (Lipinski definition) is 0. The summed E-state index contributed by atoms with van der Waals surface area (Å²) in [6, 6.07) is 77.4. The Morgan fingerprint density at radius 2 is 0.483 bits per heavy atom. The van der Waals surface area contributed by atoms with Crippen molar-refractivity contribution in [2.24, 2.45) is 0 Å². The fraction of sp³-hybridized carbons (Fsp3) is 0.0333. The quantitative estimate of drug-likeness (QED) is 0.157. The van der Waals surface area contributed by atoms with E-state index in [0.29, 0.717) is 0 Å². The lowest BCUT2D eigenvalue weighted by Crippen LogP contribution is -1.99. The predicted octanol–water partition coefficient (Wildman–Crippen LogP) is 17.0. The highest BCUT2D eigenvalue weighted by Crippen LogP contribution is 2.56. The first-order valence-corrected chi connectivity index (χ1v) is 21.0. The van der Waals surface area contributed by atoms with Gasteiger partial charge in [-0.1, -0.05) is 217 Å². The lowest BCUT2D eigenvalue weighted by molar-refractivity contribution is 1.50. The molecule has 0 saturated carbocycles. The summed E-state index contributed by atoms with van der Waals surface area (Å²) >= 11 is 0. The third-order valence-corrected chi connectivity index (χ3v) is 12.9. The van der Waals surface area contributed by atoms with Gasteiger partial charge in [-0.15, -0.1) is 0 Å². The number of aryl methyl sites for hydroxylation is 2. The van der Waals surface area contributed by atoms with Crippen LogP contribution in [-0.2, 0) is 0 Å². The van der Waals surface area contributed by atoms with Gasteiger partial charge >= 0.3 is 0 Å². The van der Waals surface area contributed by atoms with E-state index in [1.54, 1.807) is 0 Å². The maximum absolute atomic E-state index is 2.45. The van der Waals surface area contributed by atoms with Crippen LogP contribution in [0.2, 0.25) is 0 Å². The standard InChI is InChI=1S/C60H40/c1-37-31-33-51-53(35-37)57(49-29-13-21-41-17-5-9-25-45(41)49)60-58(50-30-14-22-42-18-6-10-26-46(42)50)54-36-38(2)32-34-52(54)56(48-28-12-20-40-16-4-8-24-44(40)48)59(60)55(51)47-27-11-19-39-15-3-7-23-43(39)47/h3-36H,1-2H3. The fourth-order valence-corrected chi connectivity index (χ4v) is 10.3. The molecule has 0 atom stereocenters. The van der Waals surface area contributed by atoms with E-state index in [0.717, 1.165) is 0 Å². The van der Waals surface area contributed by atoms with Crippen molar-refractivity contribution in [2.45, 2.75) is 13.8 Å². The van der Waals surface area contributed by atoms with Crippen LogP contribution < -0.4 is 0 Å². The molecular weight excluding hydrogens is 721 g/mol. The van der Waals surface area contributed by atoms with Gasteiger partial charge in [-0.25, -0.2) is 0 Å². The number of hydrogen-bond acceptors (Lipinski definition) is 0. The van der Waals surface area contributed by atoms with Gasteiger partial charge in [0, 0.05) is 0 Å². The van der Waals surface area contributed by atoms with Gasteiger partial charge in [0.05, 0.1) is 0 Å². The zero-order valence-corrected chi connectivity index (χ0v) is 33.6. The molecule has 12 aromatic rings. The second-order valence-electron chi connectivity index (χ2n) is 16.5. The summed E-state index contributed by atoms with van der Waals surface area (Å²) in [5, 5.41) is 17.5. The van der Waals surface area contributed by atoms with Crippen molar-refractivity contribution >= 4 is 75.4 Å². The minimum Gasteiger partial charge on any atom is -0.0616 e. The Balaban J connectivity index is 1.48. The molecule has 280 valence electrons. The molecule has 0 heteroatoms. The Hall–Kier alpha value is -7.54. The van der Waals surface area contributed by atoms with Gasteiger partial charge in [0.25, 0.3) is 0 Å². The van der Waals surface area contributed by atoms with Crippen molar-refractivity contribution in [3.8, 4) is 44.5 Å². The van der Waals surface area contributed by atoms with Crippen LogP contribution in [0.4, 0.5) is 0 Å². The zero-order chi connectivity index (χ0) is 39.9. The van der Waals surface area contributed by atoms with Crippen molar-refractivity contribution in [1.82, 2.24) is 0 Å². The molecule has 0 fully saturated rings. The van der Waals surface area contributed by atoms with Gasteiger partial charge in [0.1, 0.15) is 0 Å². The molecule has 0 aliphatic carbocycles. The minimum absolute atomic E-state index is 1.24. The molecule has 60 heavy (non-hydrogen) atoms. The van der Waals surface area contributed by atoms with Crippen LogP contribution in [0.25, 0.3) is 120 Å². The van der Waals surface area contributed by atoms with Crippen LogP contribution >= 0.6 is 0 Å². The summed E-state index contributed by atoms with van der Waals surface area (Å²) in [6.07, 6.45) is 0. The highest BCUT2D eigenvalue weighted by atomic mass is 14.3. The van der Waals surface area contributed by atoms with Crippen LogP contribution in [0.1, 0.15) is 11.1 Å². The van der Waals surface area contributed by atoms with Gasteiger partial charge in [0.15, 0.2) is 0 Å². The van der Waals surface area contributed by atoms with E-state index >= 15 is 0 Å². The molecule has 0 nitrogen and oxygen atoms in total. The van der Waals surface area contributed by atoms with Crippen LogP contribution in [0.15, 0.2) is 206 Å². The van der Waals surface area contributed by atoms with Crippen molar-refractivity contribution < 1.29 is 0 Å². The molecule has 0 aliphatic rings. The highest BCUT2D eigenvalue weighted by Gasteiger charge is 2.28. The Kier molecular flexibility index (Phi) is 7.77. The first-order chi connectivity index (χ1) is 29.6. The summed E-state index contributed by atoms with van der Waals surface area (Å²) in [6.45, 7) is 4.48. The van der Waals surface area contributed by atoms with Crippen molar-refractivity contribution in [1.29, 1.82) is 0 Å². The van der Waals surface area contributed by atoms with Crippen LogP contribution in [0.3, 0.4) is 0 Å². The van der Waals surface area contributed by atoms with Gasteiger partial charge in [-0.3, -0.25) is 0 Å². The topological polar surface area (TPSA) is 0 Å². The lowest BCUT2D eigenvalue weighted by atomic mass is 9.75. The highest BCUT2D eigenvalue weighted by molar-refractivity contribution is 6.37. The van der Waals surface area contributed by atoms with E-state index in [1.165, 1.54) is 131 Å². The average Bonchev–Trinajstić information content (AvgIpc) is 3.29. The van der Waals surface area contributed by atoms with Gasteiger partial charge in [-0.05, 0) is 134 Å². The predicted molar refractivity (Wildman–Crippen MR) is 260 cm³/mol. The molecule has 0 radical (unpaired) electrons. The second kappa shape index (κ2) is 13.5. The molecule has 0 aliphatic heterocycles. The summed E-state index contributed by atoms with van der Waals surface area (Å²) < 4.78 is 0.